The van der Waals surface area contributed by atoms with E-state index in [1.807, 2.05) is 0 Å². The van der Waals surface area contributed by atoms with E-state index in [0.29, 0.717) is 23.5 Å². The van der Waals surface area contributed by atoms with Crippen LogP contribution in [0.15, 0.2) is 0 Å². The van der Waals surface area contributed by atoms with E-state index in [4.69, 9.17) is 10.5 Å². The van der Waals surface area contributed by atoms with Gasteiger partial charge < -0.3 is 15.4 Å². The fraction of sp³-hybridized carbons (Fsp3) is 1.00. The monoisotopic (exact) mass is 254 g/mol. The molecule has 0 radical (unpaired) electrons. The highest BCUT2D eigenvalue weighted by Gasteiger charge is 2.34. The number of nitrogens with two attached hydrogens (primary N) is 1. The molecule has 0 amide bonds. The number of hydrogen-bond donors (Lipinski definition) is 1. The highest BCUT2D eigenvalue weighted by Crippen LogP contribution is 2.38. The third-order valence-corrected chi connectivity index (χ3v) is 4.60. The van der Waals surface area contributed by atoms with Crippen LogP contribution in [0.4, 0.5) is 0 Å². The maximum atomic E-state index is 6.33. The fourth-order valence-electron chi connectivity index (χ4n) is 3.53. The Labute approximate surface area is 112 Å². The van der Waals surface area contributed by atoms with Gasteiger partial charge in [0.05, 0.1) is 6.10 Å². The molecule has 1 heterocycles. The number of ether oxygens (including phenoxy) is 1. The summed E-state index contributed by atoms with van der Waals surface area (Å²) in [4.78, 5) is 2.57. The molecule has 3 heteroatoms. The molecule has 2 rings (SSSR count). The zero-order chi connectivity index (χ0) is 13.2. The molecule has 0 aromatic rings. The first kappa shape index (κ1) is 14.3. The minimum absolute atomic E-state index is 0.375. The summed E-state index contributed by atoms with van der Waals surface area (Å²) in [6, 6.07) is 0.400. The Hall–Kier alpha value is -0.120. The van der Waals surface area contributed by atoms with Crippen molar-refractivity contribution in [3.05, 3.63) is 0 Å². The zero-order valence-electron chi connectivity index (χ0n) is 12.3. The van der Waals surface area contributed by atoms with Gasteiger partial charge in [-0.15, -0.1) is 0 Å². The molecule has 1 saturated heterocycles. The standard InChI is InChI=1S/C15H30N2O/c1-12-10-17(7-4-8-18-12)11-13-9-15(2,3)6-5-14(13)16/h12-14H,4-11,16H2,1-3H3. The largest absolute Gasteiger partial charge is 0.377 e. The summed E-state index contributed by atoms with van der Waals surface area (Å²) >= 11 is 0. The lowest BCUT2D eigenvalue weighted by atomic mass is 9.70. The average molecular weight is 254 g/mol. The van der Waals surface area contributed by atoms with Crippen molar-refractivity contribution in [2.75, 3.05) is 26.2 Å². The SMILES string of the molecule is CC1CN(CC2CC(C)(C)CCC2N)CCCO1. The quantitative estimate of drug-likeness (QED) is 0.821. The molecule has 3 atom stereocenters. The Bertz CT molecular complexity index is 267. The molecule has 1 saturated carbocycles. The summed E-state index contributed by atoms with van der Waals surface area (Å²) in [5.74, 6) is 0.666. The van der Waals surface area contributed by atoms with Crippen molar-refractivity contribution in [2.45, 2.75) is 58.6 Å². The Kier molecular flexibility index (Phi) is 4.68. The van der Waals surface area contributed by atoms with E-state index in [1.165, 1.54) is 25.8 Å². The molecular formula is C15H30N2O. The molecule has 1 aliphatic heterocycles. The van der Waals surface area contributed by atoms with Gasteiger partial charge >= 0.3 is 0 Å². The first-order chi connectivity index (χ1) is 8.46. The van der Waals surface area contributed by atoms with Gasteiger partial charge in [0.15, 0.2) is 0 Å². The molecule has 2 aliphatic rings. The van der Waals surface area contributed by atoms with E-state index >= 15 is 0 Å². The number of hydrogen-bond acceptors (Lipinski definition) is 3. The molecule has 18 heavy (non-hydrogen) atoms. The van der Waals surface area contributed by atoms with Gasteiger partial charge in [-0.05, 0) is 43.9 Å². The van der Waals surface area contributed by atoms with Crippen LogP contribution in [0, 0.1) is 11.3 Å². The maximum Gasteiger partial charge on any atom is 0.0673 e. The second kappa shape index (κ2) is 5.89. The molecule has 0 spiro atoms. The Morgan fingerprint density at radius 1 is 1.39 bits per heavy atom. The lowest BCUT2D eigenvalue weighted by Crippen LogP contribution is -2.46. The van der Waals surface area contributed by atoms with E-state index in [-0.39, 0.29) is 0 Å². The minimum Gasteiger partial charge on any atom is -0.377 e. The summed E-state index contributed by atoms with van der Waals surface area (Å²) in [6.45, 7) is 11.3. The third-order valence-electron chi connectivity index (χ3n) is 4.60. The fourth-order valence-corrected chi connectivity index (χ4v) is 3.53. The number of nitrogens with zero attached hydrogens (tertiary/aromatic N) is 1. The van der Waals surface area contributed by atoms with Gasteiger partial charge in [0.25, 0.3) is 0 Å². The van der Waals surface area contributed by atoms with Crippen LogP contribution in [0.3, 0.4) is 0 Å². The van der Waals surface area contributed by atoms with Gasteiger partial charge in [0.2, 0.25) is 0 Å². The smallest absolute Gasteiger partial charge is 0.0673 e. The molecule has 106 valence electrons. The summed E-state index contributed by atoms with van der Waals surface area (Å²) in [7, 11) is 0. The van der Waals surface area contributed by atoms with E-state index in [9.17, 15) is 0 Å². The van der Waals surface area contributed by atoms with Crippen molar-refractivity contribution in [3.8, 4) is 0 Å². The van der Waals surface area contributed by atoms with E-state index in [1.54, 1.807) is 0 Å². The van der Waals surface area contributed by atoms with Gasteiger partial charge in [0.1, 0.15) is 0 Å². The summed E-state index contributed by atoms with van der Waals surface area (Å²) in [5, 5.41) is 0. The molecular weight excluding hydrogens is 224 g/mol. The van der Waals surface area contributed by atoms with Gasteiger partial charge in [-0.3, -0.25) is 0 Å². The Morgan fingerprint density at radius 2 is 2.17 bits per heavy atom. The minimum atomic E-state index is 0.375. The predicted octanol–water partition coefficient (Wildman–Crippen LogP) is 2.25. The second-order valence-electron chi connectivity index (χ2n) is 7.13. The molecule has 0 aromatic carbocycles. The predicted molar refractivity (Wildman–Crippen MR) is 75.6 cm³/mol. The molecule has 0 bridgehead atoms. The van der Waals surface area contributed by atoms with Crippen LogP contribution >= 0.6 is 0 Å². The van der Waals surface area contributed by atoms with Crippen LogP contribution in [-0.2, 0) is 4.74 Å². The normalized spacial score (nSPS) is 38.3. The molecule has 0 aromatic heterocycles. The summed E-state index contributed by atoms with van der Waals surface area (Å²) in [5.41, 5.74) is 6.81. The van der Waals surface area contributed by atoms with Crippen molar-refractivity contribution in [2.24, 2.45) is 17.1 Å². The molecule has 3 nitrogen and oxygen atoms in total. The Balaban J connectivity index is 1.90. The Morgan fingerprint density at radius 3 is 2.94 bits per heavy atom. The highest BCUT2D eigenvalue weighted by atomic mass is 16.5. The van der Waals surface area contributed by atoms with Crippen molar-refractivity contribution < 1.29 is 4.74 Å². The van der Waals surface area contributed by atoms with Crippen molar-refractivity contribution in [3.63, 3.8) is 0 Å². The first-order valence-corrected chi connectivity index (χ1v) is 7.56. The van der Waals surface area contributed by atoms with Crippen molar-refractivity contribution in [1.82, 2.24) is 4.90 Å². The lowest BCUT2D eigenvalue weighted by molar-refractivity contribution is 0.0586. The van der Waals surface area contributed by atoms with Gasteiger partial charge in [-0.1, -0.05) is 13.8 Å². The molecule has 1 aliphatic carbocycles. The molecule has 3 unspecified atom stereocenters. The van der Waals surface area contributed by atoms with Crippen LogP contribution in [0.2, 0.25) is 0 Å². The summed E-state index contributed by atoms with van der Waals surface area (Å²) in [6.07, 6.45) is 5.29. The summed E-state index contributed by atoms with van der Waals surface area (Å²) < 4.78 is 5.72. The lowest BCUT2D eigenvalue weighted by Gasteiger charge is -2.41. The van der Waals surface area contributed by atoms with E-state index < -0.39 is 0 Å². The van der Waals surface area contributed by atoms with Crippen LogP contribution in [-0.4, -0.2) is 43.3 Å². The van der Waals surface area contributed by atoms with Gasteiger partial charge in [0, 0.05) is 32.3 Å². The molecule has 2 fully saturated rings. The highest BCUT2D eigenvalue weighted by molar-refractivity contribution is 4.89. The van der Waals surface area contributed by atoms with Crippen LogP contribution in [0.25, 0.3) is 0 Å². The van der Waals surface area contributed by atoms with E-state index in [0.717, 1.165) is 26.1 Å². The zero-order valence-corrected chi connectivity index (χ0v) is 12.3. The van der Waals surface area contributed by atoms with Crippen LogP contribution in [0.1, 0.15) is 46.5 Å². The average Bonchev–Trinajstić information content (AvgIpc) is 2.48. The third kappa shape index (κ3) is 3.94. The van der Waals surface area contributed by atoms with E-state index in [2.05, 4.69) is 25.7 Å². The molecule has 2 N–H and O–H groups in total. The second-order valence-corrected chi connectivity index (χ2v) is 7.13. The maximum absolute atomic E-state index is 6.33. The van der Waals surface area contributed by atoms with Gasteiger partial charge in [-0.2, -0.15) is 0 Å². The van der Waals surface area contributed by atoms with Crippen LogP contribution < -0.4 is 5.73 Å². The van der Waals surface area contributed by atoms with Gasteiger partial charge in [-0.25, -0.2) is 0 Å². The van der Waals surface area contributed by atoms with Crippen molar-refractivity contribution >= 4 is 0 Å². The topological polar surface area (TPSA) is 38.5 Å². The first-order valence-electron chi connectivity index (χ1n) is 7.56. The van der Waals surface area contributed by atoms with Crippen LogP contribution in [0.5, 0.6) is 0 Å². The van der Waals surface area contributed by atoms with Crippen molar-refractivity contribution in [1.29, 1.82) is 0 Å². The number of rotatable bonds is 2.